The van der Waals surface area contributed by atoms with Crippen LogP contribution in [0.25, 0.3) is 0 Å². The first kappa shape index (κ1) is 30.4. The lowest BCUT2D eigenvalue weighted by Crippen LogP contribution is -2.54. The highest BCUT2D eigenvalue weighted by molar-refractivity contribution is 6.74. The summed E-state index contributed by atoms with van der Waals surface area (Å²) >= 11 is 0. The van der Waals surface area contributed by atoms with Crippen molar-refractivity contribution < 1.29 is 28.2 Å². The van der Waals surface area contributed by atoms with E-state index in [-0.39, 0.29) is 58.7 Å². The Kier molecular flexibility index (Phi) is 7.84. The number of hydrogen-bond acceptors (Lipinski definition) is 7. The number of aromatic nitrogens is 2. The zero-order valence-electron chi connectivity index (χ0n) is 26.3. The van der Waals surface area contributed by atoms with Crippen molar-refractivity contribution >= 4 is 20.1 Å². The van der Waals surface area contributed by atoms with Crippen molar-refractivity contribution in [2.45, 2.75) is 109 Å². The molecule has 1 aromatic rings. The van der Waals surface area contributed by atoms with Gasteiger partial charge in [0, 0.05) is 43.2 Å². The number of ether oxygens (including phenoxy) is 3. The minimum atomic E-state index is -2.14. The Labute approximate surface area is 246 Å². The summed E-state index contributed by atoms with van der Waals surface area (Å²) in [6.45, 7) is 19.2. The van der Waals surface area contributed by atoms with Gasteiger partial charge in [-0.3, -0.25) is 4.79 Å². The van der Waals surface area contributed by atoms with Gasteiger partial charge in [-0.15, -0.1) is 0 Å². The van der Waals surface area contributed by atoms with E-state index in [9.17, 15) is 9.59 Å². The molecule has 1 saturated carbocycles. The molecule has 0 N–H and O–H groups in total. The Morgan fingerprint density at radius 2 is 1.90 bits per heavy atom. The zero-order chi connectivity index (χ0) is 30.1. The van der Waals surface area contributed by atoms with Gasteiger partial charge < -0.3 is 23.2 Å². The molecule has 4 bridgehead atoms. The van der Waals surface area contributed by atoms with Crippen molar-refractivity contribution in [3.05, 3.63) is 42.5 Å². The molecule has 1 aromatic heterocycles. The minimum absolute atomic E-state index is 0.0128. The van der Waals surface area contributed by atoms with Gasteiger partial charge in [0.1, 0.15) is 17.5 Å². The molecule has 0 amide bonds. The summed E-state index contributed by atoms with van der Waals surface area (Å²) in [5.74, 6) is -1.18. The number of carbonyl (C=O) groups is 2. The molecule has 1 spiro atoms. The molecule has 3 heterocycles. The Hall–Kier alpha value is -2.07. The molecule has 41 heavy (non-hydrogen) atoms. The first-order chi connectivity index (χ1) is 19.1. The van der Waals surface area contributed by atoms with Gasteiger partial charge in [-0.25, -0.2) is 9.78 Å². The molecule has 2 aliphatic carbocycles. The predicted molar refractivity (Wildman–Crippen MR) is 159 cm³/mol. The van der Waals surface area contributed by atoms with E-state index in [2.05, 4.69) is 70.9 Å². The van der Waals surface area contributed by atoms with E-state index in [1.54, 1.807) is 19.6 Å². The number of esters is 1. The molecule has 0 aromatic carbocycles. The molecule has 0 radical (unpaired) electrons. The number of imidazole rings is 1. The summed E-state index contributed by atoms with van der Waals surface area (Å²) in [6, 6.07) is -0.149. The maximum absolute atomic E-state index is 14.3. The molecule has 2 fully saturated rings. The molecule has 1 saturated heterocycles. The van der Waals surface area contributed by atoms with Crippen molar-refractivity contribution in [1.82, 2.24) is 9.55 Å². The topological polar surface area (TPSA) is 88.9 Å². The monoisotopic (exact) mass is 584 g/mol. The van der Waals surface area contributed by atoms with Crippen LogP contribution in [0.5, 0.6) is 0 Å². The SMILES string of the molecule is CO[C@H]1C[C@H]2C=C[C@@H]3[C@H]4C(=O)[C@@H](C)C(n5ccnc5)[C@@H]3O[C@@]24/C(C)=C/[C@@H](C)[C@@H]([C@@H](C)O[Si](C)(C)C(C)(C)C)OC1=O. The maximum atomic E-state index is 14.3. The van der Waals surface area contributed by atoms with Crippen molar-refractivity contribution in [2.75, 3.05) is 7.11 Å². The van der Waals surface area contributed by atoms with Crippen LogP contribution in [0.1, 0.15) is 60.9 Å². The number of hydrogen-bond donors (Lipinski definition) is 0. The van der Waals surface area contributed by atoms with Crippen LogP contribution in [0.4, 0.5) is 0 Å². The highest BCUT2D eigenvalue weighted by atomic mass is 28.4. The third-order valence-corrected chi connectivity index (χ3v) is 15.4. The lowest BCUT2D eigenvalue weighted by atomic mass is 9.57. The summed E-state index contributed by atoms with van der Waals surface area (Å²) in [7, 11) is -0.590. The van der Waals surface area contributed by atoms with Crippen molar-refractivity contribution in [1.29, 1.82) is 0 Å². The first-order valence-corrected chi connectivity index (χ1v) is 18.0. The average Bonchev–Trinajstić information content (AvgIpc) is 3.47. The van der Waals surface area contributed by atoms with E-state index >= 15 is 0 Å². The largest absolute Gasteiger partial charge is 0.457 e. The average molecular weight is 585 g/mol. The molecule has 8 nitrogen and oxygen atoms in total. The fourth-order valence-corrected chi connectivity index (χ4v) is 9.09. The Morgan fingerprint density at radius 1 is 1.20 bits per heavy atom. The second-order valence-electron chi connectivity index (χ2n) is 14.3. The molecule has 2 aliphatic heterocycles. The lowest BCUT2D eigenvalue weighted by molar-refractivity contribution is -0.171. The quantitative estimate of drug-likeness (QED) is 0.256. The lowest BCUT2D eigenvalue weighted by Gasteiger charge is -2.46. The number of Topliss-reactive ketones (excluding diaryl/α,β-unsaturated/α-hetero) is 1. The first-order valence-electron chi connectivity index (χ1n) is 15.1. The summed E-state index contributed by atoms with van der Waals surface area (Å²) < 4.78 is 27.9. The number of carbonyl (C=O) groups excluding carboxylic acids is 2. The number of methoxy groups -OCH3 is 1. The van der Waals surface area contributed by atoms with Crippen LogP contribution in [0.3, 0.4) is 0 Å². The van der Waals surface area contributed by atoms with Gasteiger partial charge in [-0.1, -0.05) is 52.8 Å². The Balaban J connectivity index is 1.58. The summed E-state index contributed by atoms with van der Waals surface area (Å²) in [5, 5.41) is 0.0128. The van der Waals surface area contributed by atoms with Gasteiger partial charge in [0.05, 0.1) is 30.5 Å². The summed E-state index contributed by atoms with van der Waals surface area (Å²) in [4.78, 5) is 32.2. The van der Waals surface area contributed by atoms with Gasteiger partial charge in [0.15, 0.2) is 14.4 Å². The highest BCUT2D eigenvalue weighted by Gasteiger charge is 2.68. The molecular weight excluding hydrogens is 536 g/mol. The van der Waals surface area contributed by atoms with E-state index in [0.29, 0.717) is 6.42 Å². The molecule has 4 aliphatic rings. The van der Waals surface area contributed by atoms with E-state index in [1.165, 1.54) is 0 Å². The maximum Gasteiger partial charge on any atom is 0.335 e. The van der Waals surface area contributed by atoms with E-state index < -0.39 is 32.1 Å². The fourth-order valence-electron chi connectivity index (χ4n) is 7.68. The van der Waals surface area contributed by atoms with Crippen LogP contribution in [0.15, 0.2) is 42.5 Å². The van der Waals surface area contributed by atoms with Gasteiger partial charge in [0.2, 0.25) is 0 Å². The standard InChI is InChI=1S/C32H48N2O6Si/c1-18-15-19(2)32-22(16-24(37-8)30(36)38-28(18)21(4)40-41(9,10)31(5,6)7)11-12-23-25(32)27(35)20(3)26(29(23)39-32)34-14-13-33-17-34/h11-15,17-18,20-26,28-29H,16H2,1-10H3/b19-15+/t18-,20+,21-,22-,23-,24+,25+,26?,28+,29-,32+/m1/s1. The summed E-state index contributed by atoms with van der Waals surface area (Å²) in [6.07, 6.45) is 10.5. The van der Waals surface area contributed by atoms with Crippen LogP contribution in [-0.4, -0.2) is 66.7 Å². The van der Waals surface area contributed by atoms with Crippen LogP contribution in [0.2, 0.25) is 18.1 Å². The van der Waals surface area contributed by atoms with Gasteiger partial charge in [-0.05, 0) is 44.0 Å². The van der Waals surface area contributed by atoms with E-state index in [4.69, 9.17) is 18.6 Å². The van der Waals surface area contributed by atoms with Crippen LogP contribution in [-0.2, 0) is 28.2 Å². The number of ketones is 1. The zero-order valence-corrected chi connectivity index (χ0v) is 27.3. The normalized spacial score (nSPS) is 41.3. The van der Waals surface area contributed by atoms with Gasteiger partial charge in [0.25, 0.3) is 0 Å². The van der Waals surface area contributed by atoms with Crippen molar-refractivity contribution in [2.24, 2.45) is 29.6 Å². The Bertz CT molecular complexity index is 1220. The second-order valence-corrected chi connectivity index (χ2v) is 19.0. The summed E-state index contributed by atoms with van der Waals surface area (Å²) in [5.41, 5.74) is 0.155. The molecule has 226 valence electrons. The third-order valence-electron chi connectivity index (χ3n) is 10.8. The molecular formula is C32H48N2O6Si. The molecule has 5 rings (SSSR count). The predicted octanol–water partition coefficient (Wildman–Crippen LogP) is 5.52. The van der Waals surface area contributed by atoms with Crippen LogP contribution < -0.4 is 0 Å². The second kappa shape index (κ2) is 10.6. The highest BCUT2D eigenvalue weighted by Crippen LogP contribution is 2.61. The van der Waals surface area contributed by atoms with Gasteiger partial charge >= 0.3 is 5.97 Å². The number of nitrogens with zero attached hydrogens (tertiary/aromatic N) is 2. The molecule has 9 heteroatoms. The van der Waals surface area contributed by atoms with Crippen LogP contribution >= 0.6 is 0 Å². The number of rotatable bonds is 5. The van der Waals surface area contributed by atoms with Gasteiger partial charge in [-0.2, -0.15) is 0 Å². The fraction of sp³-hybridized carbons (Fsp3) is 0.719. The Morgan fingerprint density at radius 3 is 2.51 bits per heavy atom. The molecule has 1 unspecified atom stereocenters. The third kappa shape index (κ3) is 4.81. The van der Waals surface area contributed by atoms with E-state index in [0.717, 1.165) is 5.57 Å². The number of cyclic esters (lactones) is 1. The van der Waals surface area contributed by atoms with Crippen molar-refractivity contribution in [3.8, 4) is 0 Å². The minimum Gasteiger partial charge on any atom is -0.457 e. The van der Waals surface area contributed by atoms with Crippen LogP contribution in [0, 0.1) is 29.6 Å². The van der Waals surface area contributed by atoms with E-state index in [1.807, 2.05) is 24.6 Å². The molecule has 11 atom stereocenters. The van der Waals surface area contributed by atoms with Crippen molar-refractivity contribution in [3.63, 3.8) is 0 Å². The smallest absolute Gasteiger partial charge is 0.335 e.